The molecule has 1 spiro atoms. The SMILES string of the molecule is O=C1CCN2OC1CC21CCOCC1. The summed E-state index contributed by atoms with van der Waals surface area (Å²) >= 11 is 0. The van der Waals surface area contributed by atoms with E-state index in [0.717, 1.165) is 39.0 Å². The Morgan fingerprint density at radius 3 is 2.86 bits per heavy atom. The summed E-state index contributed by atoms with van der Waals surface area (Å²) in [4.78, 5) is 17.1. The van der Waals surface area contributed by atoms with Crippen LogP contribution in [0.1, 0.15) is 25.7 Å². The number of ketones is 1. The summed E-state index contributed by atoms with van der Waals surface area (Å²) in [5.74, 6) is 0.282. The van der Waals surface area contributed by atoms with Gasteiger partial charge in [0, 0.05) is 32.6 Å². The van der Waals surface area contributed by atoms with Gasteiger partial charge >= 0.3 is 0 Å². The molecule has 3 saturated heterocycles. The largest absolute Gasteiger partial charge is 0.381 e. The fourth-order valence-corrected chi connectivity index (χ4v) is 2.79. The molecular weight excluding hydrogens is 182 g/mol. The number of rotatable bonds is 0. The first-order valence-electron chi connectivity index (χ1n) is 5.35. The first-order chi connectivity index (χ1) is 6.80. The highest BCUT2D eigenvalue weighted by Gasteiger charge is 2.52. The minimum Gasteiger partial charge on any atom is -0.381 e. The average Bonchev–Trinajstić information content (AvgIpc) is 2.49. The van der Waals surface area contributed by atoms with E-state index in [1.165, 1.54) is 0 Å². The van der Waals surface area contributed by atoms with E-state index in [0.29, 0.717) is 6.42 Å². The van der Waals surface area contributed by atoms with Crippen molar-refractivity contribution in [3.63, 3.8) is 0 Å². The Bertz CT molecular complexity index is 260. The maximum atomic E-state index is 11.5. The molecule has 3 heterocycles. The molecule has 14 heavy (non-hydrogen) atoms. The van der Waals surface area contributed by atoms with Gasteiger partial charge in [-0.1, -0.05) is 0 Å². The lowest BCUT2D eigenvalue weighted by Gasteiger charge is -2.39. The third-order valence-electron chi connectivity index (χ3n) is 3.69. The number of nitrogens with zero attached hydrogens (tertiary/aromatic N) is 1. The molecule has 78 valence electrons. The predicted molar refractivity (Wildman–Crippen MR) is 48.6 cm³/mol. The van der Waals surface area contributed by atoms with Crippen LogP contribution in [0.15, 0.2) is 0 Å². The minimum absolute atomic E-state index is 0.120. The van der Waals surface area contributed by atoms with E-state index < -0.39 is 0 Å². The lowest BCUT2D eigenvalue weighted by atomic mass is 9.85. The molecule has 4 nitrogen and oxygen atoms in total. The molecule has 4 heteroatoms. The molecule has 3 aliphatic rings. The van der Waals surface area contributed by atoms with Crippen molar-refractivity contribution in [2.75, 3.05) is 19.8 Å². The molecule has 0 saturated carbocycles. The van der Waals surface area contributed by atoms with Gasteiger partial charge in [-0.05, 0) is 12.8 Å². The highest BCUT2D eigenvalue weighted by atomic mass is 16.7. The normalized spacial score (nSPS) is 40.4. The summed E-state index contributed by atoms with van der Waals surface area (Å²) in [6.45, 7) is 2.39. The molecule has 0 N–H and O–H groups in total. The van der Waals surface area contributed by atoms with Gasteiger partial charge in [-0.15, -0.1) is 0 Å². The second-order valence-corrected chi connectivity index (χ2v) is 4.45. The predicted octanol–water partition coefficient (Wildman–Crippen LogP) is 0.514. The smallest absolute Gasteiger partial charge is 0.165 e. The quantitative estimate of drug-likeness (QED) is 0.567. The van der Waals surface area contributed by atoms with Crippen molar-refractivity contribution in [1.29, 1.82) is 0 Å². The summed E-state index contributed by atoms with van der Waals surface area (Å²) in [6, 6.07) is 0. The van der Waals surface area contributed by atoms with Crippen LogP contribution in [-0.2, 0) is 14.4 Å². The maximum Gasteiger partial charge on any atom is 0.165 e. The molecule has 0 aromatic heterocycles. The number of fused-ring (bicyclic) bond motifs is 3. The first-order valence-corrected chi connectivity index (χ1v) is 5.35. The summed E-state index contributed by atoms with van der Waals surface area (Å²) in [7, 11) is 0. The third kappa shape index (κ3) is 1.14. The van der Waals surface area contributed by atoms with Crippen LogP contribution in [0.5, 0.6) is 0 Å². The molecule has 0 aliphatic carbocycles. The van der Waals surface area contributed by atoms with Gasteiger partial charge in [0.2, 0.25) is 0 Å². The van der Waals surface area contributed by atoms with Gasteiger partial charge in [0.05, 0.1) is 5.54 Å². The van der Waals surface area contributed by atoms with Crippen molar-refractivity contribution < 1.29 is 14.4 Å². The summed E-state index contributed by atoms with van der Waals surface area (Å²) in [6.07, 6.45) is 3.41. The number of carbonyl (C=O) groups excluding carboxylic acids is 1. The van der Waals surface area contributed by atoms with E-state index in [9.17, 15) is 4.79 Å². The Morgan fingerprint density at radius 1 is 1.36 bits per heavy atom. The van der Waals surface area contributed by atoms with Gasteiger partial charge in [0.15, 0.2) is 5.78 Å². The third-order valence-corrected chi connectivity index (χ3v) is 3.69. The number of hydrogen-bond acceptors (Lipinski definition) is 4. The molecule has 0 aromatic carbocycles. The second kappa shape index (κ2) is 3.02. The van der Waals surface area contributed by atoms with Gasteiger partial charge in [0.1, 0.15) is 6.10 Å². The van der Waals surface area contributed by atoms with Crippen LogP contribution in [0.25, 0.3) is 0 Å². The molecule has 2 unspecified atom stereocenters. The lowest BCUT2D eigenvalue weighted by Crippen LogP contribution is -2.48. The zero-order chi connectivity index (χ0) is 9.60. The minimum atomic E-state index is -0.151. The number of hydroxylamine groups is 2. The summed E-state index contributed by atoms with van der Waals surface area (Å²) < 4.78 is 5.36. The zero-order valence-corrected chi connectivity index (χ0v) is 8.20. The van der Waals surface area contributed by atoms with Crippen molar-refractivity contribution in [3.05, 3.63) is 0 Å². The van der Waals surface area contributed by atoms with Crippen LogP contribution in [0.3, 0.4) is 0 Å². The van der Waals surface area contributed by atoms with Crippen LogP contribution in [-0.4, -0.2) is 42.2 Å². The average molecular weight is 197 g/mol. The van der Waals surface area contributed by atoms with Gasteiger partial charge in [-0.3, -0.25) is 9.63 Å². The molecule has 3 aliphatic heterocycles. The number of Topliss-reactive ketones (excluding diaryl/α,β-unsaturated/α-hetero) is 1. The fraction of sp³-hybridized carbons (Fsp3) is 0.900. The number of hydrogen-bond donors (Lipinski definition) is 0. The van der Waals surface area contributed by atoms with E-state index in [1.807, 2.05) is 0 Å². The standard InChI is InChI=1S/C10H15NO3/c12-8-1-4-11-10(7-9(8)14-11)2-5-13-6-3-10/h9H,1-7H2. The summed E-state index contributed by atoms with van der Waals surface area (Å²) in [5.41, 5.74) is 0.120. The van der Waals surface area contributed by atoms with E-state index in [1.54, 1.807) is 0 Å². The van der Waals surface area contributed by atoms with E-state index in [4.69, 9.17) is 9.57 Å². The van der Waals surface area contributed by atoms with E-state index in [2.05, 4.69) is 5.06 Å². The summed E-state index contributed by atoms with van der Waals surface area (Å²) in [5, 5.41) is 2.06. The molecule has 3 fully saturated rings. The van der Waals surface area contributed by atoms with E-state index in [-0.39, 0.29) is 17.4 Å². The van der Waals surface area contributed by atoms with Crippen molar-refractivity contribution in [3.8, 4) is 0 Å². The van der Waals surface area contributed by atoms with Gasteiger partial charge in [-0.2, -0.15) is 5.06 Å². The van der Waals surface area contributed by atoms with E-state index >= 15 is 0 Å². The van der Waals surface area contributed by atoms with Crippen LogP contribution in [0.4, 0.5) is 0 Å². The molecule has 2 atom stereocenters. The van der Waals surface area contributed by atoms with Gasteiger partial charge in [-0.25, -0.2) is 0 Å². The zero-order valence-electron chi connectivity index (χ0n) is 8.20. The Morgan fingerprint density at radius 2 is 2.14 bits per heavy atom. The Hall–Kier alpha value is -0.450. The number of ether oxygens (including phenoxy) is 1. The van der Waals surface area contributed by atoms with Crippen LogP contribution >= 0.6 is 0 Å². The highest BCUT2D eigenvalue weighted by molar-refractivity contribution is 5.84. The molecule has 3 rings (SSSR count). The fourth-order valence-electron chi connectivity index (χ4n) is 2.79. The molecule has 0 aromatic rings. The molecular formula is C10H15NO3. The highest BCUT2D eigenvalue weighted by Crippen LogP contribution is 2.42. The van der Waals surface area contributed by atoms with Crippen molar-refractivity contribution in [2.24, 2.45) is 0 Å². The van der Waals surface area contributed by atoms with Crippen molar-refractivity contribution >= 4 is 5.78 Å². The van der Waals surface area contributed by atoms with Gasteiger partial charge < -0.3 is 4.74 Å². The van der Waals surface area contributed by atoms with Crippen LogP contribution < -0.4 is 0 Å². The Kier molecular flexibility index (Phi) is 1.90. The van der Waals surface area contributed by atoms with Crippen LogP contribution in [0, 0.1) is 0 Å². The first kappa shape index (κ1) is 8.83. The second-order valence-electron chi connectivity index (χ2n) is 4.45. The molecule has 0 amide bonds. The maximum absolute atomic E-state index is 11.5. The van der Waals surface area contributed by atoms with Crippen LogP contribution in [0.2, 0.25) is 0 Å². The topological polar surface area (TPSA) is 38.8 Å². The Balaban J connectivity index is 1.84. The lowest BCUT2D eigenvalue weighted by molar-refractivity contribution is -0.216. The number of carbonyl (C=O) groups is 1. The Labute approximate surface area is 83.1 Å². The molecule has 0 radical (unpaired) electrons. The van der Waals surface area contributed by atoms with Gasteiger partial charge in [0.25, 0.3) is 0 Å². The molecule has 2 bridgehead atoms. The van der Waals surface area contributed by atoms with Crippen molar-refractivity contribution in [1.82, 2.24) is 5.06 Å². The monoisotopic (exact) mass is 197 g/mol. The van der Waals surface area contributed by atoms with Crippen molar-refractivity contribution in [2.45, 2.75) is 37.3 Å².